The van der Waals surface area contributed by atoms with Gasteiger partial charge in [0.1, 0.15) is 6.20 Å². The van der Waals surface area contributed by atoms with Gasteiger partial charge in [-0.2, -0.15) is 0 Å². The van der Waals surface area contributed by atoms with E-state index in [-0.39, 0.29) is 17.6 Å². The predicted octanol–water partition coefficient (Wildman–Crippen LogP) is 4.37. The molecule has 0 aromatic carbocycles. The van der Waals surface area contributed by atoms with E-state index in [1.54, 1.807) is 6.20 Å². The van der Waals surface area contributed by atoms with Gasteiger partial charge in [0.05, 0.1) is 30.4 Å². The molecule has 5 nitrogen and oxygen atoms in total. The number of aliphatic hydroxyl groups excluding tert-OH is 1. The van der Waals surface area contributed by atoms with Crippen LogP contribution >= 0.6 is 0 Å². The van der Waals surface area contributed by atoms with Crippen LogP contribution in [-0.4, -0.2) is 25.7 Å². The molecule has 0 amide bonds. The molecule has 4 fully saturated rings. The summed E-state index contributed by atoms with van der Waals surface area (Å²) >= 11 is 0. The zero-order valence-electron chi connectivity index (χ0n) is 15.4. The number of aliphatic hydroxyl groups is 1. The van der Waals surface area contributed by atoms with Gasteiger partial charge in [-0.05, 0) is 79.7 Å². The number of hydrogen-bond donors (Lipinski definition) is 1. The maximum absolute atomic E-state index is 11.5. The molecule has 5 heteroatoms. The van der Waals surface area contributed by atoms with Crippen LogP contribution in [0, 0.1) is 29.7 Å². The van der Waals surface area contributed by atoms with Crippen LogP contribution < -0.4 is 0 Å². The van der Waals surface area contributed by atoms with Crippen LogP contribution in [0.5, 0.6) is 0 Å². The van der Waals surface area contributed by atoms with Crippen molar-refractivity contribution >= 4 is 5.82 Å². The zero-order valence-corrected chi connectivity index (χ0v) is 15.4. The average Bonchev–Trinajstić information content (AvgIpc) is 3.23. The molecule has 138 valence electrons. The normalized spacial score (nSPS) is 36.3. The Morgan fingerprint density at radius 1 is 1.19 bits per heavy atom. The van der Waals surface area contributed by atoms with Gasteiger partial charge in [-0.3, -0.25) is 0 Å². The van der Waals surface area contributed by atoms with E-state index in [9.17, 15) is 5.11 Å². The van der Waals surface area contributed by atoms with Crippen molar-refractivity contribution in [1.29, 1.82) is 0 Å². The molecule has 1 aliphatic heterocycles. The van der Waals surface area contributed by atoms with Gasteiger partial charge in [-0.1, -0.05) is 6.57 Å². The Morgan fingerprint density at radius 3 is 2.56 bits per heavy atom. The Kier molecular flexibility index (Phi) is 3.18. The summed E-state index contributed by atoms with van der Waals surface area (Å²) in [6.07, 6.45) is 13.8. The zero-order chi connectivity index (χ0) is 18.2. The van der Waals surface area contributed by atoms with E-state index < -0.39 is 0 Å². The van der Waals surface area contributed by atoms with Crippen LogP contribution in [0.25, 0.3) is 16.1 Å². The Morgan fingerprint density at radius 2 is 1.89 bits per heavy atom. The summed E-state index contributed by atoms with van der Waals surface area (Å²) in [5.41, 5.74) is 3.35. The molecule has 2 aromatic heterocycles. The lowest BCUT2D eigenvalue weighted by Gasteiger charge is -2.58. The SMILES string of the molecule is [C-]#[N+]c1cc2c(cn1)-c1cncn1C2CC(O)C12CC3CC(CC(C3)C1)C2. The molecule has 2 unspecified atom stereocenters. The Balaban J connectivity index is 1.35. The number of imidazole rings is 1. The van der Waals surface area contributed by atoms with E-state index in [0.717, 1.165) is 34.6 Å². The van der Waals surface area contributed by atoms with Crippen molar-refractivity contribution < 1.29 is 5.11 Å². The molecular formula is C22H24N4O. The van der Waals surface area contributed by atoms with E-state index in [2.05, 4.69) is 19.4 Å². The summed E-state index contributed by atoms with van der Waals surface area (Å²) in [6, 6.07) is 1.97. The summed E-state index contributed by atoms with van der Waals surface area (Å²) in [6.45, 7) is 7.31. The minimum absolute atomic E-state index is 0.0593. The van der Waals surface area contributed by atoms with Gasteiger partial charge in [-0.15, -0.1) is 4.98 Å². The van der Waals surface area contributed by atoms with Crippen LogP contribution in [0.3, 0.4) is 0 Å². The highest BCUT2D eigenvalue weighted by Gasteiger charge is 2.54. The molecule has 27 heavy (non-hydrogen) atoms. The molecule has 4 bridgehead atoms. The third kappa shape index (κ3) is 2.20. The van der Waals surface area contributed by atoms with Crippen molar-refractivity contribution in [3.63, 3.8) is 0 Å². The number of hydrogen-bond acceptors (Lipinski definition) is 3. The second-order valence-corrected chi connectivity index (χ2v) is 9.47. The van der Waals surface area contributed by atoms with E-state index in [4.69, 9.17) is 6.57 Å². The van der Waals surface area contributed by atoms with E-state index >= 15 is 0 Å². The van der Waals surface area contributed by atoms with Gasteiger partial charge < -0.3 is 14.5 Å². The summed E-state index contributed by atoms with van der Waals surface area (Å²) in [7, 11) is 0. The van der Waals surface area contributed by atoms with Crippen molar-refractivity contribution in [2.45, 2.75) is 57.1 Å². The number of rotatable bonds is 3. The van der Waals surface area contributed by atoms with E-state index in [0.29, 0.717) is 12.2 Å². The molecule has 0 radical (unpaired) electrons. The lowest BCUT2D eigenvalue weighted by atomic mass is 9.48. The van der Waals surface area contributed by atoms with Crippen LogP contribution in [0.4, 0.5) is 5.82 Å². The summed E-state index contributed by atoms with van der Waals surface area (Å²) < 4.78 is 2.17. The topological polar surface area (TPSA) is 55.3 Å². The lowest BCUT2D eigenvalue weighted by molar-refractivity contribution is -0.124. The highest BCUT2D eigenvalue weighted by Crippen LogP contribution is 2.62. The quantitative estimate of drug-likeness (QED) is 0.827. The minimum atomic E-state index is -0.290. The number of nitrogens with zero attached hydrogens (tertiary/aromatic N) is 4. The molecule has 1 N–H and O–H groups in total. The molecule has 4 saturated carbocycles. The smallest absolute Gasteiger partial charge is 0.269 e. The second-order valence-electron chi connectivity index (χ2n) is 9.47. The van der Waals surface area contributed by atoms with Gasteiger partial charge in [-0.25, -0.2) is 4.98 Å². The first kappa shape index (κ1) is 15.8. The third-order valence-corrected chi connectivity index (χ3v) is 7.91. The standard InChI is InChI=1S/C22H24N4O/c1-23-21-5-16-17(10-25-21)19-11-24-12-26(19)18(16)6-20(27)22-7-13-2-14(8-22)4-15(3-13)9-22/h5,10-15,18,20,27H,2-4,6-9H2. The van der Waals surface area contributed by atoms with Crippen molar-refractivity contribution in [2.75, 3.05) is 0 Å². The van der Waals surface area contributed by atoms with Crippen LogP contribution in [0.2, 0.25) is 0 Å². The van der Waals surface area contributed by atoms with Gasteiger partial charge in [0.25, 0.3) is 5.82 Å². The van der Waals surface area contributed by atoms with Gasteiger partial charge in [0, 0.05) is 5.56 Å². The molecular weight excluding hydrogens is 336 g/mol. The number of pyridine rings is 1. The van der Waals surface area contributed by atoms with Crippen LogP contribution in [0.1, 0.15) is 56.6 Å². The maximum Gasteiger partial charge on any atom is 0.269 e. The molecule has 3 heterocycles. The third-order valence-electron chi connectivity index (χ3n) is 7.91. The molecule has 5 aliphatic rings. The van der Waals surface area contributed by atoms with Gasteiger partial charge in [0.2, 0.25) is 0 Å². The fourth-order valence-electron chi connectivity index (χ4n) is 7.21. The molecule has 4 aliphatic carbocycles. The maximum atomic E-state index is 11.5. The highest BCUT2D eigenvalue weighted by atomic mass is 16.3. The molecule has 0 saturated heterocycles. The van der Waals surface area contributed by atoms with Crippen molar-refractivity contribution in [3.8, 4) is 11.3 Å². The number of aromatic nitrogens is 3. The molecule has 2 atom stereocenters. The summed E-state index contributed by atoms with van der Waals surface area (Å²) in [5, 5.41) is 11.5. The van der Waals surface area contributed by atoms with Gasteiger partial charge in [0.15, 0.2) is 0 Å². The summed E-state index contributed by atoms with van der Waals surface area (Å²) in [4.78, 5) is 12.1. The van der Waals surface area contributed by atoms with Crippen molar-refractivity contribution in [2.24, 2.45) is 23.2 Å². The van der Waals surface area contributed by atoms with E-state index in [1.165, 1.54) is 38.5 Å². The largest absolute Gasteiger partial charge is 0.392 e. The molecule has 7 rings (SSSR count). The monoisotopic (exact) mass is 360 g/mol. The Hall–Kier alpha value is -2.19. The Bertz CT molecular complexity index is 920. The number of fused-ring (bicyclic) bond motifs is 3. The fourth-order valence-corrected chi connectivity index (χ4v) is 7.21. The lowest BCUT2D eigenvalue weighted by Crippen LogP contribution is -2.52. The first-order valence-electron chi connectivity index (χ1n) is 10.2. The van der Waals surface area contributed by atoms with Crippen LogP contribution in [-0.2, 0) is 0 Å². The van der Waals surface area contributed by atoms with Crippen molar-refractivity contribution in [3.05, 3.63) is 41.8 Å². The van der Waals surface area contributed by atoms with Gasteiger partial charge >= 0.3 is 0 Å². The molecule has 2 aromatic rings. The minimum Gasteiger partial charge on any atom is -0.392 e. The highest BCUT2D eigenvalue weighted by molar-refractivity contribution is 5.70. The fraction of sp³-hybridized carbons (Fsp3) is 0.591. The first-order chi connectivity index (χ1) is 13.1. The molecule has 0 spiro atoms. The van der Waals surface area contributed by atoms with E-state index in [1.807, 2.05) is 18.6 Å². The average molecular weight is 360 g/mol. The first-order valence-corrected chi connectivity index (χ1v) is 10.2. The van der Waals surface area contributed by atoms with Crippen LogP contribution in [0.15, 0.2) is 24.8 Å². The Labute approximate surface area is 159 Å². The predicted molar refractivity (Wildman–Crippen MR) is 101 cm³/mol. The second kappa shape index (κ2) is 5.42. The summed E-state index contributed by atoms with van der Waals surface area (Å²) in [5.74, 6) is 2.94. The van der Waals surface area contributed by atoms with Crippen molar-refractivity contribution in [1.82, 2.24) is 14.5 Å².